The molecule has 1 aliphatic heterocycles. The topological polar surface area (TPSA) is 105 Å². The fraction of sp³-hybridized carbons (Fsp3) is 0.0833. The summed E-state index contributed by atoms with van der Waals surface area (Å²) in [5.74, 6) is 0.809. The highest BCUT2D eigenvalue weighted by Gasteiger charge is 2.28. The van der Waals surface area contributed by atoms with E-state index in [1.54, 1.807) is 49.6 Å². The van der Waals surface area contributed by atoms with Crippen molar-refractivity contribution in [2.24, 2.45) is 0 Å². The maximum atomic E-state index is 12.6. The maximum absolute atomic E-state index is 12.6. The van der Waals surface area contributed by atoms with Gasteiger partial charge in [-0.15, -0.1) is 0 Å². The van der Waals surface area contributed by atoms with Gasteiger partial charge in [0.05, 0.1) is 17.6 Å². The van der Waals surface area contributed by atoms with Crippen LogP contribution < -0.4 is 14.2 Å². The van der Waals surface area contributed by atoms with Gasteiger partial charge in [-0.2, -0.15) is 0 Å². The van der Waals surface area contributed by atoms with E-state index in [2.05, 4.69) is 0 Å². The van der Waals surface area contributed by atoms with Crippen LogP contribution in [0.2, 0.25) is 0 Å². The van der Waals surface area contributed by atoms with Gasteiger partial charge in [-0.1, -0.05) is 12.1 Å². The van der Waals surface area contributed by atoms with Crippen LogP contribution in [0.25, 0.3) is 6.08 Å². The SMILES string of the molecule is COc1ccc(C(=O)COc2ccc3c(c2)O/C(=C\c2cccc([N+](=O)[O-])c2)C3=O)cc1. The maximum Gasteiger partial charge on any atom is 0.270 e. The number of carbonyl (C=O) groups is 2. The number of Topliss-reactive ketones (excluding diaryl/α,β-unsaturated/α-hetero) is 2. The Labute approximate surface area is 182 Å². The summed E-state index contributed by atoms with van der Waals surface area (Å²) in [7, 11) is 1.55. The van der Waals surface area contributed by atoms with E-state index in [0.29, 0.717) is 33.9 Å². The molecule has 0 bridgehead atoms. The fourth-order valence-corrected chi connectivity index (χ4v) is 3.15. The second-order valence-corrected chi connectivity index (χ2v) is 6.89. The van der Waals surface area contributed by atoms with E-state index < -0.39 is 4.92 Å². The standard InChI is InChI=1S/C24H17NO7/c1-30-18-7-5-16(6-8-18)21(26)14-31-19-9-10-20-22(13-19)32-23(24(20)27)12-15-3-2-4-17(11-15)25(28)29/h2-13H,14H2,1H3/b23-12-. The smallest absolute Gasteiger partial charge is 0.270 e. The van der Waals surface area contributed by atoms with Crippen LogP contribution >= 0.6 is 0 Å². The van der Waals surface area contributed by atoms with Crippen LogP contribution in [-0.4, -0.2) is 30.2 Å². The molecular weight excluding hydrogens is 414 g/mol. The molecule has 160 valence electrons. The lowest BCUT2D eigenvalue weighted by Crippen LogP contribution is -2.11. The van der Waals surface area contributed by atoms with Crippen LogP contribution in [0.4, 0.5) is 5.69 Å². The molecule has 3 aromatic carbocycles. The third-order valence-corrected chi connectivity index (χ3v) is 4.80. The third kappa shape index (κ3) is 4.34. The molecule has 0 N–H and O–H groups in total. The molecule has 3 aromatic rings. The molecule has 0 amide bonds. The van der Waals surface area contributed by atoms with Crippen LogP contribution in [-0.2, 0) is 0 Å². The summed E-state index contributed by atoms with van der Waals surface area (Å²) in [5, 5.41) is 10.9. The highest BCUT2D eigenvalue weighted by molar-refractivity contribution is 6.14. The van der Waals surface area contributed by atoms with Crippen molar-refractivity contribution in [3.05, 3.63) is 99.3 Å². The number of methoxy groups -OCH3 is 1. The number of ether oxygens (including phenoxy) is 3. The van der Waals surface area contributed by atoms with Gasteiger partial charge in [-0.3, -0.25) is 19.7 Å². The lowest BCUT2D eigenvalue weighted by molar-refractivity contribution is -0.384. The number of hydrogen-bond acceptors (Lipinski definition) is 7. The summed E-state index contributed by atoms with van der Waals surface area (Å²) in [6.45, 7) is -0.185. The molecule has 1 heterocycles. The second-order valence-electron chi connectivity index (χ2n) is 6.89. The highest BCUT2D eigenvalue weighted by atomic mass is 16.6. The Kier molecular flexibility index (Phi) is 5.67. The molecule has 0 saturated heterocycles. The number of carbonyl (C=O) groups excluding carboxylic acids is 2. The normalized spacial score (nSPS) is 13.4. The van der Waals surface area contributed by atoms with Crippen molar-refractivity contribution in [3.63, 3.8) is 0 Å². The van der Waals surface area contributed by atoms with Crippen molar-refractivity contribution in [2.75, 3.05) is 13.7 Å². The minimum atomic E-state index is -0.509. The Hall–Kier alpha value is -4.46. The molecule has 32 heavy (non-hydrogen) atoms. The minimum absolute atomic E-state index is 0.0481. The molecular formula is C24H17NO7. The molecule has 8 nitrogen and oxygen atoms in total. The Morgan fingerprint density at radius 2 is 1.81 bits per heavy atom. The number of hydrogen-bond donors (Lipinski definition) is 0. The summed E-state index contributed by atoms with van der Waals surface area (Å²) in [4.78, 5) is 35.4. The lowest BCUT2D eigenvalue weighted by Gasteiger charge is -2.07. The van der Waals surface area contributed by atoms with Gasteiger partial charge in [0.2, 0.25) is 5.78 Å². The molecule has 0 fully saturated rings. The number of ketones is 2. The van der Waals surface area contributed by atoms with E-state index in [0.717, 1.165) is 0 Å². The number of rotatable bonds is 7. The summed E-state index contributed by atoms with van der Waals surface area (Å²) in [5.41, 5.74) is 1.22. The Balaban J connectivity index is 1.46. The number of nitro groups is 1. The zero-order chi connectivity index (χ0) is 22.7. The van der Waals surface area contributed by atoms with Crippen LogP contribution in [0, 0.1) is 10.1 Å². The van der Waals surface area contributed by atoms with E-state index in [1.807, 2.05) is 0 Å². The van der Waals surface area contributed by atoms with Gasteiger partial charge < -0.3 is 14.2 Å². The van der Waals surface area contributed by atoms with E-state index in [-0.39, 0.29) is 29.6 Å². The molecule has 0 aliphatic carbocycles. The van der Waals surface area contributed by atoms with Crippen molar-refractivity contribution < 1.29 is 28.7 Å². The first kappa shape index (κ1) is 20.8. The van der Waals surface area contributed by atoms with Crippen molar-refractivity contribution in [2.45, 2.75) is 0 Å². The predicted molar refractivity (Wildman–Crippen MR) is 115 cm³/mol. The number of nitro benzene ring substituents is 1. The van der Waals surface area contributed by atoms with Gasteiger partial charge in [0.25, 0.3) is 5.69 Å². The quantitative estimate of drug-likeness (QED) is 0.235. The van der Waals surface area contributed by atoms with Crippen LogP contribution in [0.1, 0.15) is 26.3 Å². The Morgan fingerprint density at radius 1 is 1.06 bits per heavy atom. The Bertz CT molecular complexity index is 1250. The predicted octanol–water partition coefficient (Wildman–Crippen LogP) is 4.48. The summed E-state index contributed by atoms with van der Waals surface area (Å²) < 4.78 is 16.3. The van der Waals surface area contributed by atoms with Crippen molar-refractivity contribution >= 4 is 23.3 Å². The molecule has 0 unspecified atom stereocenters. The molecule has 8 heteroatoms. The zero-order valence-electron chi connectivity index (χ0n) is 16.9. The molecule has 0 radical (unpaired) electrons. The number of fused-ring (bicyclic) bond motifs is 1. The largest absolute Gasteiger partial charge is 0.497 e. The van der Waals surface area contributed by atoms with Gasteiger partial charge >= 0.3 is 0 Å². The van der Waals surface area contributed by atoms with E-state index in [9.17, 15) is 19.7 Å². The van der Waals surface area contributed by atoms with Gasteiger partial charge in [-0.05, 0) is 48.0 Å². The average Bonchev–Trinajstić information content (AvgIpc) is 3.12. The summed E-state index contributed by atoms with van der Waals surface area (Å²) in [6, 6.07) is 17.2. The van der Waals surface area contributed by atoms with Gasteiger partial charge in [0.15, 0.2) is 18.1 Å². The second kappa shape index (κ2) is 8.73. The molecule has 0 atom stereocenters. The van der Waals surface area contributed by atoms with Gasteiger partial charge in [-0.25, -0.2) is 0 Å². The first-order chi connectivity index (χ1) is 15.4. The third-order valence-electron chi connectivity index (χ3n) is 4.80. The molecule has 0 aromatic heterocycles. The fourth-order valence-electron chi connectivity index (χ4n) is 3.15. The molecule has 1 aliphatic rings. The minimum Gasteiger partial charge on any atom is -0.497 e. The van der Waals surface area contributed by atoms with Crippen LogP contribution in [0.15, 0.2) is 72.5 Å². The summed E-state index contributed by atoms with van der Waals surface area (Å²) >= 11 is 0. The molecule has 4 rings (SSSR count). The first-order valence-corrected chi connectivity index (χ1v) is 9.57. The van der Waals surface area contributed by atoms with E-state index >= 15 is 0 Å². The van der Waals surface area contributed by atoms with E-state index in [4.69, 9.17) is 14.2 Å². The van der Waals surface area contributed by atoms with E-state index in [1.165, 1.54) is 30.3 Å². The average molecular weight is 431 g/mol. The van der Waals surface area contributed by atoms with Crippen LogP contribution in [0.3, 0.4) is 0 Å². The van der Waals surface area contributed by atoms with Gasteiger partial charge in [0, 0.05) is 23.8 Å². The van der Waals surface area contributed by atoms with Crippen molar-refractivity contribution in [1.29, 1.82) is 0 Å². The number of benzene rings is 3. The van der Waals surface area contributed by atoms with Crippen LogP contribution in [0.5, 0.6) is 17.2 Å². The molecule has 0 spiro atoms. The monoisotopic (exact) mass is 431 g/mol. The number of non-ortho nitro benzene ring substituents is 1. The number of nitrogens with zero attached hydrogens (tertiary/aromatic N) is 1. The van der Waals surface area contributed by atoms with Crippen molar-refractivity contribution in [1.82, 2.24) is 0 Å². The Morgan fingerprint density at radius 3 is 2.53 bits per heavy atom. The summed E-state index contributed by atoms with van der Waals surface area (Å²) in [6.07, 6.45) is 1.45. The first-order valence-electron chi connectivity index (χ1n) is 9.57. The number of allylic oxidation sites excluding steroid dienone is 1. The lowest BCUT2D eigenvalue weighted by atomic mass is 10.1. The zero-order valence-corrected chi connectivity index (χ0v) is 16.9. The highest BCUT2D eigenvalue weighted by Crippen LogP contribution is 2.35. The van der Waals surface area contributed by atoms with Gasteiger partial charge in [0.1, 0.15) is 17.2 Å². The molecule has 0 saturated carbocycles. The van der Waals surface area contributed by atoms with Crippen molar-refractivity contribution in [3.8, 4) is 17.2 Å².